The van der Waals surface area contributed by atoms with Gasteiger partial charge in [-0.25, -0.2) is 9.37 Å². The van der Waals surface area contributed by atoms with Gasteiger partial charge in [0.05, 0.1) is 23.8 Å². The predicted molar refractivity (Wildman–Crippen MR) is 85.5 cm³/mol. The summed E-state index contributed by atoms with van der Waals surface area (Å²) in [6.07, 6.45) is 6.96. The fourth-order valence-electron chi connectivity index (χ4n) is 2.66. The molecule has 4 rings (SSSR count). The van der Waals surface area contributed by atoms with Gasteiger partial charge in [0.1, 0.15) is 12.1 Å². The monoisotopic (exact) mass is 307 g/mol. The van der Waals surface area contributed by atoms with Crippen molar-refractivity contribution >= 4 is 11.0 Å². The number of oxazole rings is 1. The smallest absolute Gasteiger partial charge is 0.213 e. The van der Waals surface area contributed by atoms with Gasteiger partial charge in [-0.3, -0.25) is 4.98 Å². The van der Waals surface area contributed by atoms with Gasteiger partial charge in [0.25, 0.3) is 0 Å². The minimum absolute atomic E-state index is 0.199. The fourth-order valence-corrected chi connectivity index (χ4v) is 2.66. The number of nitrogens with zero attached hydrogens (tertiary/aromatic N) is 3. The molecular formula is C18H14FN3O. The van der Waals surface area contributed by atoms with Gasteiger partial charge in [-0.1, -0.05) is 6.07 Å². The summed E-state index contributed by atoms with van der Waals surface area (Å²) in [5.41, 5.74) is 4.41. The molecule has 0 radical (unpaired) electrons. The van der Waals surface area contributed by atoms with Crippen LogP contribution in [0.4, 0.5) is 4.39 Å². The zero-order valence-corrected chi connectivity index (χ0v) is 12.5. The maximum Gasteiger partial charge on any atom is 0.213 e. The zero-order chi connectivity index (χ0) is 15.8. The van der Waals surface area contributed by atoms with E-state index in [1.54, 1.807) is 25.5 Å². The molecule has 0 aliphatic heterocycles. The third-order valence-electron chi connectivity index (χ3n) is 3.90. The molecule has 0 bridgehead atoms. The van der Waals surface area contributed by atoms with E-state index in [9.17, 15) is 4.39 Å². The van der Waals surface area contributed by atoms with E-state index >= 15 is 0 Å². The molecule has 1 aromatic carbocycles. The number of halogens is 1. The molecule has 3 heterocycles. The van der Waals surface area contributed by atoms with Crippen molar-refractivity contribution in [1.29, 1.82) is 0 Å². The minimum atomic E-state index is -0.199. The second-order valence-electron chi connectivity index (χ2n) is 5.46. The summed E-state index contributed by atoms with van der Waals surface area (Å²) in [7, 11) is 0. The first-order valence-corrected chi connectivity index (χ1v) is 7.30. The van der Waals surface area contributed by atoms with Gasteiger partial charge < -0.3 is 8.98 Å². The summed E-state index contributed by atoms with van der Waals surface area (Å²) >= 11 is 0. The number of benzene rings is 1. The normalized spacial score (nSPS) is 11.2. The van der Waals surface area contributed by atoms with Crippen LogP contribution in [0.3, 0.4) is 0 Å². The van der Waals surface area contributed by atoms with Crippen molar-refractivity contribution in [2.75, 3.05) is 0 Å². The summed E-state index contributed by atoms with van der Waals surface area (Å²) in [5.74, 6) is 0.445. The molecule has 0 aliphatic carbocycles. The molecule has 23 heavy (non-hydrogen) atoms. The molecule has 4 nitrogen and oxygen atoms in total. The van der Waals surface area contributed by atoms with Crippen LogP contribution in [0.2, 0.25) is 0 Å². The Morgan fingerprint density at radius 1 is 1.13 bits per heavy atom. The van der Waals surface area contributed by atoms with Crippen molar-refractivity contribution in [2.24, 2.45) is 0 Å². The van der Waals surface area contributed by atoms with Crippen LogP contribution in [-0.2, 0) is 6.54 Å². The Hall–Kier alpha value is -2.95. The van der Waals surface area contributed by atoms with E-state index in [1.807, 2.05) is 29.1 Å². The average Bonchev–Trinajstić information content (AvgIpc) is 3.20. The van der Waals surface area contributed by atoms with E-state index in [0.717, 1.165) is 22.2 Å². The molecule has 0 N–H and O–H groups in total. The highest BCUT2D eigenvalue weighted by atomic mass is 19.1. The number of hydrogen-bond acceptors (Lipinski definition) is 3. The van der Waals surface area contributed by atoms with E-state index in [2.05, 4.69) is 16.0 Å². The Balaban J connectivity index is 1.78. The van der Waals surface area contributed by atoms with Gasteiger partial charge in [-0.2, -0.15) is 0 Å². The van der Waals surface area contributed by atoms with Crippen molar-refractivity contribution in [3.05, 3.63) is 72.5 Å². The van der Waals surface area contributed by atoms with E-state index in [4.69, 9.17) is 4.42 Å². The van der Waals surface area contributed by atoms with Crippen LogP contribution >= 0.6 is 0 Å². The Labute approximate surface area is 132 Å². The average molecular weight is 307 g/mol. The van der Waals surface area contributed by atoms with Crippen LogP contribution in [0.1, 0.15) is 11.5 Å². The molecule has 4 aromatic rings. The van der Waals surface area contributed by atoms with Crippen LogP contribution in [0, 0.1) is 12.7 Å². The van der Waals surface area contributed by atoms with E-state index in [1.165, 1.54) is 6.07 Å². The first-order chi connectivity index (χ1) is 11.2. The molecular weight excluding hydrogens is 293 g/mol. The summed E-state index contributed by atoms with van der Waals surface area (Å²) in [6.45, 7) is 2.31. The van der Waals surface area contributed by atoms with Crippen LogP contribution in [0.25, 0.3) is 22.2 Å². The van der Waals surface area contributed by atoms with Crippen molar-refractivity contribution in [2.45, 2.75) is 13.5 Å². The summed E-state index contributed by atoms with van der Waals surface area (Å²) in [5, 5.41) is 0. The second-order valence-corrected chi connectivity index (χ2v) is 5.46. The topological polar surface area (TPSA) is 43.9 Å². The van der Waals surface area contributed by atoms with Crippen molar-refractivity contribution in [3.63, 3.8) is 0 Å². The molecule has 0 unspecified atom stereocenters. The van der Waals surface area contributed by atoms with Gasteiger partial charge in [-0.15, -0.1) is 0 Å². The van der Waals surface area contributed by atoms with E-state index < -0.39 is 0 Å². The Bertz CT molecular complexity index is 973. The quantitative estimate of drug-likeness (QED) is 0.570. The third-order valence-corrected chi connectivity index (χ3v) is 3.90. The molecule has 3 aromatic heterocycles. The number of aryl methyl sites for hydroxylation is 1. The van der Waals surface area contributed by atoms with E-state index in [-0.39, 0.29) is 5.82 Å². The highest BCUT2D eigenvalue weighted by molar-refractivity contribution is 5.81. The van der Waals surface area contributed by atoms with Gasteiger partial charge >= 0.3 is 0 Å². The standard InChI is InChI=1S/C18H14FN3O/c1-12-8-13(2-3-15(12)19)14-9-17-16(21-10-14)4-6-22(17)11-18-20-5-7-23-18/h2-10H,11H2,1H3. The third kappa shape index (κ3) is 2.50. The molecule has 0 amide bonds. The Morgan fingerprint density at radius 2 is 2.04 bits per heavy atom. The second kappa shape index (κ2) is 5.35. The van der Waals surface area contributed by atoms with Crippen LogP contribution < -0.4 is 0 Å². The lowest BCUT2D eigenvalue weighted by molar-refractivity contribution is 0.482. The molecule has 0 atom stereocenters. The molecule has 0 spiro atoms. The summed E-state index contributed by atoms with van der Waals surface area (Å²) < 4.78 is 20.8. The number of fused-ring (bicyclic) bond motifs is 1. The lowest BCUT2D eigenvalue weighted by Crippen LogP contribution is -1.98. The molecule has 114 valence electrons. The molecule has 0 fully saturated rings. The molecule has 0 saturated heterocycles. The lowest BCUT2D eigenvalue weighted by Gasteiger charge is -2.06. The van der Waals surface area contributed by atoms with Gasteiger partial charge in [-0.05, 0) is 42.3 Å². The van der Waals surface area contributed by atoms with Crippen LogP contribution in [-0.4, -0.2) is 14.5 Å². The number of hydrogen-bond donors (Lipinski definition) is 0. The first-order valence-electron chi connectivity index (χ1n) is 7.30. The summed E-state index contributed by atoms with van der Waals surface area (Å²) in [6, 6.07) is 9.10. The zero-order valence-electron chi connectivity index (χ0n) is 12.5. The number of pyridine rings is 1. The number of rotatable bonds is 3. The predicted octanol–water partition coefficient (Wildman–Crippen LogP) is 4.19. The number of aromatic nitrogens is 3. The van der Waals surface area contributed by atoms with E-state index in [0.29, 0.717) is 18.0 Å². The highest BCUT2D eigenvalue weighted by Crippen LogP contribution is 2.25. The maximum absolute atomic E-state index is 13.5. The SMILES string of the molecule is Cc1cc(-c2cnc3ccn(Cc4ncco4)c3c2)ccc1F. The van der Waals surface area contributed by atoms with Gasteiger partial charge in [0.15, 0.2) is 0 Å². The Morgan fingerprint density at radius 3 is 2.83 bits per heavy atom. The largest absolute Gasteiger partial charge is 0.447 e. The first kappa shape index (κ1) is 13.7. The van der Waals surface area contributed by atoms with Crippen molar-refractivity contribution in [3.8, 4) is 11.1 Å². The van der Waals surface area contributed by atoms with Crippen molar-refractivity contribution < 1.29 is 8.81 Å². The minimum Gasteiger partial charge on any atom is -0.447 e. The molecule has 0 aliphatic rings. The Kier molecular flexibility index (Phi) is 3.19. The highest BCUT2D eigenvalue weighted by Gasteiger charge is 2.08. The van der Waals surface area contributed by atoms with Crippen LogP contribution in [0.15, 0.2) is 59.6 Å². The molecule has 0 saturated carbocycles. The van der Waals surface area contributed by atoms with Gasteiger partial charge in [0, 0.05) is 18.0 Å². The summed E-state index contributed by atoms with van der Waals surface area (Å²) in [4.78, 5) is 8.64. The van der Waals surface area contributed by atoms with Crippen LogP contribution in [0.5, 0.6) is 0 Å². The lowest BCUT2D eigenvalue weighted by atomic mass is 10.0. The van der Waals surface area contributed by atoms with Crippen molar-refractivity contribution in [1.82, 2.24) is 14.5 Å². The molecule has 5 heteroatoms. The maximum atomic E-state index is 13.5. The fraction of sp³-hybridized carbons (Fsp3) is 0.111. The van der Waals surface area contributed by atoms with Gasteiger partial charge in [0.2, 0.25) is 5.89 Å².